The normalized spacial score (nSPS) is 10.7. The quantitative estimate of drug-likeness (QED) is 0.441. The number of rotatable bonds is 8. The highest BCUT2D eigenvalue weighted by Crippen LogP contribution is 2.24. The fraction of sp³-hybridized carbons (Fsp3) is 0.538. The molecule has 1 aromatic rings. The van der Waals surface area contributed by atoms with Crippen molar-refractivity contribution in [2.24, 2.45) is 0 Å². The van der Waals surface area contributed by atoms with Crippen molar-refractivity contribution in [3.05, 3.63) is 23.8 Å². The average molecular weight is 255 g/mol. The second-order valence-electron chi connectivity index (χ2n) is 3.83. The lowest BCUT2D eigenvalue weighted by Gasteiger charge is -2.07. The van der Waals surface area contributed by atoms with Gasteiger partial charge in [0, 0.05) is 30.1 Å². The van der Waals surface area contributed by atoms with Crippen LogP contribution in [0.3, 0.4) is 0 Å². The molecule has 0 fully saturated rings. The van der Waals surface area contributed by atoms with Gasteiger partial charge in [0.05, 0.1) is 13.2 Å². The van der Waals surface area contributed by atoms with Gasteiger partial charge in [-0.1, -0.05) is 0 Å². The van der Waals surface area contributed by atoms with Crippen LogP contribution in [0.1, 0.15) is 12.0 Å². The Morgan fingerprint density at radius 2 is 2.06 bits per heavy atom. The van der Waals surface area contributed by atoms with Crippen molar-refractivity contribution in [1.29, 1.82) is 0 Å². The Bertz CT molecular complexity index is 331. The van der Waals surface area contributed by atoms with Gasteiger partial charge in [-0.3, -0.25) is 0 Å². The summed E-state index contributed by atoms with van der Waals surface area (Å²) in [5, 5.41) is 0. The maximum Gasteiger partial charge on any atom is 0.0700 e. The van der Waals surface area contributed by atoms with Crippen molar-refractivity contribution in [2.45, 2.75) is 18.2 Å². The lowest BCUT2D eigenvalue weighted by Crippen LogP contribution is -2.03. The first-order valence-corrected chi connectivity index (χ1v) is 6.78. The number of thioether (sulfide) groups is 1. The minimum absolute atomic E-state index is 0.671. The third-order valence-electron chi connectivity index (χ3n) is 2.32. The van der Waals surface area contributed by atoms with E-state index in [1.807, 2.05) is 23.9 Å². The van der Waals surface area contributed by atoms with Crippen LogP contribution in [0.15, 0.2) is 23.1 Å². The van der Waals surface area contributed by atoms with E-state index in [1.54, 1.807) is 7.11 Å². The summed E-state index contributed by atoms with van der Waals surface area (Å²) < 4.78 is 10.3. The molecule has 0 bridgehead atoms. The second-order valence-corrected chi connectivity index (χ2v) is 4.97. The molecule has 4 heteroatoms. The van der Waals surface area contributed by atoms with E-state index in [1.165, 1.54) is 10.5 Å². The molecule has 0 aliphatic heterocycles. The lowest BCUT2D eigenvalue weighted by atomic mass is 10.2. The highest BCUT2D eigenvalue weighted by Gasteiger charge is 1.99. The highest BCUT2D eigenvalue weighted by atomic mass is 32.2. The molecule has 0 amide bonds. The fourth-order valence-electron chi connectivity index (χ4n) is 1.42. The van der Waals surface area contributed by atoms with Gasteiger partial charge in [0.2, 0.25) is 0 Å². The van der Waals surface area contributed by atoms with Gasteiger partial charge >= 0.3 is 0 Å². The first-order valence-electron chi connectivity index (χ1n) is 5.79. The van der Waals surface area contributed by atoms with Gasteiger partial charge in [-0.05, 0) is 37.1 Å². The number of nitrogens with two attached hydrogens (primary N) is 1. The van der Waals surface area contributed by atoms with Crippen molar-refractivity contribution in [1.82, 2.24) is 0 Å². The summed E-state index contributed by atoms with van der Waals surface area (Å²) in [4.78, 5) is 1.30. The van der Waals surface area contributed by atoms with Crippen LogP contribution in [-0.2, 0) is 9.47 Å². The number of aryl methyl sites for hydroxylation is 1. The largest absolute Gasteiger partial charge is 0.399 e. The van der Waals surface area contributed by atoms with Gasteiger partial charge in [0.25, 0.3) is 0 Å². The van der Waals surface area contributed by atoms with Crippen LogP contribution in [-0.4, -0.2) is 32.7 Å². The molecule has 0 unspecified atom stereocenters. The molecule has 0 aromatic heterocycles. The van der Waals surface area contributed by atoms with E-state index < -0.39 is 0 Å². The smallest absolute Gasteiger partial charge is 0.0700 e. The minimum atomic E-state index is 0.671. The van der Waals surface area contributed by atoms with E-state index in [-0.39, 0.29) is 0 Å². The molecule has 0 saturated carbocycles. The summed E-state index contributed by atoms with van der Waals surface area (Å²) in [7, 11) is 1.68. The van der Waals surface area contributed by atoms with Crippen molar-refractivity contribution in [2.75, 3.05) is 38.4 Å². The van der Waals surface area contributed by atoms with E-state index in [0.29, 0.717) is 13.2 Å². The molecule has 96 valence electrons. The van der Waals surface area contributed by atoms with Gasteiger partial charge in [-0.15, -0.1) is 11.8 Å². The molecule has 2 N–H and O–H groups in total. The average Bonchev–Trinajstić information content (AvgIpc) is 2.30. The van der Waals surface area contributed by atoms with Crippen molar-refractivity contribution in [3.8, 4) is 0 Å². The van der Waals surface area contributed by atoms with Crippen LogP contribution in [0.25, 0.3) is 0 Å². The maximum atomic E-state index is 5.71. The third kappa shape index (κ3) is 5.96. The second kappa shape index (κ2) is 8.39. The zero-order valence-corrected chi connectivity index (χ0v) is 11.4. The van der Waals surface area contributed by atoms with E-state index in [4.69, 9.17) is 15.2 Å². The Balaban J connectivity index is 2.14. The number of nitrogen functional groups attached to an aromatic ring is 1. The molecule has 3 nitrogen and oxygen atoms in total. The summed E-state index contributed by atoms with van der Waals surface area (Å²) in [5.74, 6) is 1.07. The zero-order chi connectivity index (χ0) is 12.5. The summed E-state index contributed by atoms with van der Waals surface area (Å²) in [5.41, 5.74) is 7.78. The van der Waals surface area contributed by atoms with Crippen LogP contribution in [0.4, 0.5) is 5.69 Å². The summed E-state index contributed by atoms with van der Waals surface area (Å²) >= 11 is 1.85. The van der Waals surface area contributed by atoms with Crippen molar-refractivity contribution in [3.63, 3.8) is 0 Å². The van der Waals surface area contributed by atoms with E-state index in [9.17, 15) is 0 Å². The molecule has 0 heterocycles. The van der Waals surface area contributed by atoms with Crippen molar-refractivity contribution >= 4 is 17.4 Å². The number of benzene rings is 1. The van der Waals surface area contributed by atoms with E-state index in [0.717, 1.165) is 24.5 Å². The molecule has 0 radical (unpaired) electrons. The number of anilines is 1. The molecule has 0 aliphatic carbocycles. The van der Waals surface area contributed by atoms with E-state index >= 15 is 0 Å². The Labute approximate surface area is 108 Å². The zero-order valence-electron chi connectivity index (χ0n) is 10.6. The van der Waals surface area contributed by atoms with Crippen LogP contribution in [0.5, 0.6) is 0 Å². The predicted molar refractivity (Wildman–Crippen MR) is 73.6 cm³/mol. The number of hydrogen-bond donors (Lipinski definition) is 1. The number of ether oxygens (including phenoxy) is 2. The first kappa shape index (κ1) is 14.4. The van der Waals surface area contributed by atoms with Crippen molar-refractivity contribution < 1.29 is 9.47 Å². The van der Waals surface area contributed by atoms with Gasteiger partial charge in [0.15, 0.2) is 0 Å². The summed E-state index contributed by atoms with van der Waals surface area (Å²) in [6.45, 7) is 4.24. The molecule has 1 aromatic carbocycles. The monoisotopic (exact) mass is 255 g/mol. The Hall–Kier alpha value is -0.710. The molecule has 1 rings (SSSR count). The van der Waals surface area contributed by atoms with Crippen LogP contribution < -0.4 is 5.73 Å². The van der Waals surface area contributed by atoms with Crippen LogP contribution in [0.2, 0.25) is 0 Å². The van der Waals surface area contributed by atoms with Gasteiger partial charge in [0.1, 0.15) is 0 Å². The highest BCUT2D eigenvalue weighted by molar-refractivity contribution is 7.99. The molecule has 0 aliphatic rings. The molecule has 0 spiro atoms. The molecule has 17 heavy (non-hydrogen) atoms. The van der Waals surface area contributed by atoms with Gasteiger partial charge in [-0.2, -0.15) is 0 Å². The number of methoxy groups -OCH3 is 1. The Morgan fingerprint density at radius 1 is 1.24 bits per heavy atom. The summed E-state index contributed by atoms with van der Waals surface area (Å²) in [6, 6.07) is 6.04. The molecular weight excluding hydrogens is 234 g/mol. The minimum Gasteiger partial charge on any atom is -0.399 e. The third-order valence-corrected chi connectivity index (χ3v) is 3.58. The van der Waals surface area contributed by atoms with Crippen LogP contribution >= 0.6 is 11.8 Å². The Morgan fingerprint density at radius 3 is 2.76 bits per heavy atom. The lowest BCUT2D eigenvalue weighted by molar-refractivity contribution is 0.0713. The Kier molecular flexibility index (Phi) is 7.08. The summed E-state index contributed by atoms with van der Waals surface area (Å²) in [6.07, 6.45) is 1.05. The SMILES string of the molecule is COCCOCCCSc1ccc(N)cc1C. The first-order chi connectivity index (χ1) is 8.24. The molecular formula is C13H21NO2S. The predicted octanol–water partition coefficient (Wildman–Crippen LogP) is 2.72. The van der Waals surface area contributed by atoms with Gasteiger partial charge < -0.3 is 15.2 Å². The molecule has 0 atom stereocenters. The van der Waals surface area contributed by atoms with Gasteiger partial charge in [-0.25, -0.2) is 0 Å². The maximum absolute atomic E-state index is 5.71. The standard InChI is InChI=1S/C13H21NO2S/c1-11-10-12(14)4-5-13(11)17-9-3-6-16-8-7-15-2/h4-5,10H,3,6-9,14H2,1-2H3. The topological polar surface area (TPSA) is 44.5 Å². The molecule has 0 saturated heterocycles. The van der Waals surface area contributed by atoms with Crippen LogP contribution in [0, 0.1) is 6.92 Å². The van der Waals surface area contributed by atoms with E-state index in [2.05, 4.69) is 13.0 Å². The number of hydrogen-bond acceptors (Lipinski definition) is 4. The fourth-order valence-corrected chi connectivity index (χ4v) is 2.35.